The fraction of sp³-hybridized carbons (Fsp3) is 0.600. The number of amides is 1. The third-order valence-electron chi connectivity index (χ3n) is 4.08. The first-order chi connectivity index (χ1) is 12.1. The third kappa shape index (κ3) is 9.25. The predicted octanol–water partition coefficient (Wildman–Crippen LogP) is 3.35. The van der Waals surface area contributed by atoms with E-state index in [0.717, 1.165) is 30.4 Å². The Morgan fingerprint density at radius 2 is 1.76 bits per heavy atom. The van der Waals surface area contributed by atoms with Crippen molar-refractivity contribution in [2.45, 2.75) is 64.9 Å². The zero-order chi connectivity index (χ0) is 18.5. The Kier molecular flexibility index (Phi) is 10.6. The number of carbonyl (C=O) groups excluding carboxylic acids is 1. The molecule has 0 aromatic heterocycles. The van der Waals surface area contributed by atoms with Gasteiger partial charge in [-0.15, -0.1) is 0 Å². The molecule has 0 saturated heterocycles. The van der Waals surface area contributed by atoms with Crippen molar-refractivity contribution < 1.29 is 19.4 Å². The molecule has 1 aromatic carbocycles. The molecule has 1 atom stereocenters. The van der Waals surface area contributed by atoms with Gasteiger partial charge in [0.15, 0.2) is 6.10 Å². The molecule has 25 heavy (non-hydrogen) atoms. The van der Waals surface area contributed by atoms with Crippen molar-refractivity contribution in [2.75, 3.05) is 13.2 Å². The molecule has 0 saturated carbocycles. The van der Waals surface area contributed by atoms with E-state index in [1.165, 1.54) is 12.8 Å². The van der Waals surface area contributed by atoms with Crippen molar-refractivity contribution in [3.8, 4) is 0 Å². The molecule has 1 rings (SSSR count). The summed E-state index contributed by atoms with van der Waals surface area (Å²) < 4.78 is 5.23. The summed E-state index contributed by atoms with van der Waals surface area (Å²) in [4.78, 5) is 22.8. The number of aliphatic carboxylic acids is 1. The maximum atomic E-state index is 11.7. The summed E-state index contributed by atoms with van der Waals surface area (Å²) >= 11 is 0. The van der Waals surface area contributed by atoms with Crippen LogP contribution in [-0.4, -0.2) is 36.2 Å². The topological polar surface area (TPSA) is 75.6 Å². The maximum absolute atomic E-state index is 11.7. The van der Waals surface area contributed by atoms with E-state index in [1.807, 2.05) is 24.3 Å². The van der Waals surface area contributed by atoms with Gasteiger partial charge in [0, 0.05) is 26.0 Å². The van der Waals surface area contributed by atoms with Gasteiger partial charge in [0.2, 0.25) is 5.91 Å². The molecule has 0 aliphatic rings. The molecule has 1 aromatic rings. The minimum absolute atomic E-state index is 0.119. The molecule has 0 unspecified atom stereocenters. The van der Waals surface area contributed by atoms with Gasteiger partial charge >= 0.3 is 5.97 Å². The van der Waals surface area contributed by atoms with Crippen LogP contribution in [0.4, 0.5) is 0 Å². The second-order valence-corrected chi connectivity index (χ2v) is 6.21. The van der Waals surface area contributed by atoms with Gasteiger partial charge in [-0.1, -0.05) is 50.5 Å². The van der Waals surface area contributed by atoms with Gasteiger partial charge in [0.25, 0.3) is 0 Å². The number of unbranched alkanes of at least 4 members (excludes halogenated alkanes) is 3. The van der Waals surface area contributed by atoms with E-state index < -0.39 is 12.1 Å². The van der Waals surface area contributed by atoms with Crippen LogP contribution in [0.2, 0.25) is 0 Å². The number of rotatable bonds is 13. The van der Waals surface area contributed by atoms with E-state index in [4.69, 9.17) is 9.84 Å². The number of carboxylic acids is 1. The van der Waals surface area contributed by atoms with Gasteiger partial charge in [-0.2, -0.15) is 0 Å². The van der Waals surface area contributed by atoms with Gasteiger partial charge in [0.1, 0.15) is 0 Å². The van der Waals surface area contributed by atoms with E-state index in [2.05, 4.69) is 12.2 Å². The Labute approximate surface area is 150 Å². The summed E-state index contributed by atoms with van der Waals surface area (Å²) in [6.07, 6.45) is 5.37. The maximum Gasteiger partial charge on any atom is 0.333 e. The lowest BCUT2D eigenvalue weighted by atomic mass is 10.0. The molecule has 140 valence electrons. The molecule has 0 spiro atoms. The average molecular weight is 349 g/mol. The van der Waals surface area contributed by atoms with Crippen LogP contribution >= 0.6 is 0 Å². The minimum atomic E-state index is -0.937. The largest absolute Gasteiger partial charge is 0.479 e. The molecule has 1 amide bonds. The zero-order valence-electron chi connectivity index (χ0n) is 15.4. The lowest BCUT2D eigenvalue weighted by Crippen LogP contribution is -2.26. The quantitative estimate of drug-likeness (QED) is 0.536. The van der Waals surface area contributed by atoms with Crippen molar-refractivity contribution in [1.29, 1.82) is 0 Å². The first-order valence-electron chi connectivity index (χ1n) is 9.25. The number of benzene rings is 1. The Morgan fingerprint density at radius 1 is 1.08 bits per heavy atom. The predicted molar refractivity (Wildman–Crippen MR) is 98.7 cm³/mol. The molecular weight excluding hydrogens is 318 g/mol. The minimum Gasteiger partial charge on any atom is -0.479 e. The van der Waals surface area contributed by atoms with E-state index in [-0.39, 0.29) is 5.91 Å². The first-order valence-corrected chi connectivity index (χ1v) is 9.25. The first kappa shape index (κ1) is 21.2. The van der Waals surface area contributed by atoms with Gasteiger partial charge in [-0.25, -0.2) is 4.79 Å². The van der Waals surface area contributed by atoms with Crippen molar-refractivity contribution in [2.24, 2.45) is 0 Å². The van der Waals surface area contributed by atoms with Gasteiger partial charge in [0.05, 0.1) is 0 Å². The van der Waals surface area contributed by atoms with E-state index in [0.29, 0.717) is 26.0 Å². The molecule has 0 radical (unpaired) electrons. The van der Waals surface area contributed by atoms with Crippen LogP contribution in [0.3, 0.4) is 0 Å². The van der Waals surface area contributed by atoms with Crippen LogP contribution < -0.4 is 5.32 Å². The molecule has 0 aliphatic carbocycles. The second kappa shape index (κ2) is 12.5. The lowest BCUT2D eigenvalue weighted by Gasteiger charge is -2.12. The Morgan fingerprint density at radius 3 is 2.36 bits per heavy atom. The molecule has 0 bridgehead atoms. The third-order valence-corrected chi connectivity index (χ3v) is 4.08. The number of carbonyl (C=O) groups is 2. The molecule has 0 fully saturated rings. The van der Waals surface area contributed by atoms with E-state index in [9.17, 15) is 9.59 Å². The average Bonchev–Trinajstić information content (AvgIpc) is 2.59. The Balaban J connectivity index is 2.32. The van der Waals surface area contributed by atoms with E-state index in [1.54, 1.807) is 6.92 Å². The van der Waals surface area contributed by atoms with Crippen LogP contribution in [-0.2, 0) is 27.2 Å². The smallest absolute Gasteiger partial charge is 0.333 e. The van der Waals surface area contributed by atoms with Crippen LogP contribution in [0.15, 0.2) is 24.3 Å². The standard InChI is InChI=1S/C20H31NO4/c1-3-5-6-7-8-19(22)21-14-13-16-9-11-17(12-10-16)15-18(20(23)24)25-4-2/h9-12,18H,3-8,13-15H2,1-2H3,(H,21,22)(H,23,24)/t18-/m0/s1. The highest BCUT2D eigenvalue weighted by atomic mass is 16.5. The highest BCUT2D eigenvalue weighted by molar-refractivity contribution is 5.75. The summed E-state index contributed by atoms with van der Waals surface area (Å²) in [6, 6.07) is 7.81. The van der Waals surface area contributed by atoms with Crippen LogP contribution in [0.25, 0.3) is 0 Å². The SMILES string of the molecule is CCCCCCC(=O)NCCc1ccc(C[C@H](OCC)C(=O)O)cc1. The highest BCUT2D eigenvalue weighted by Crippen LogP contribution is 2.10. The van der Waals surface area contributed by atoms with Crippen molar-refractivity contribution in [3.63, 3.8) is 0 Å². The van der Waals surface area contributed by atoms with Crippen LogP contribution in [0.5, 0.6) is 0 Å². The number of hydrogen-bond donors (Lipinski definition) is 2. The second-order valence-electron chi connectivity index (χ2n) is 6.21. The number of carboxylic acid groups (broad SMARTS) is 1. The summed E-state index contributed by atoms with van der Waals surface area (Å²) in [7, 11) is 0. The normalized spacial score (nSPS) is 11.9. The number of nitrogens with one attached hydrogen (secondary N) is 1. The van der Waals surface area contributed by atoms with Crippen molar-refractivity contribution in [3.05, 3.63) is 35.4 Å². The highest BCUT2D eigenvalue weighted by Gasteiger charge is 2.17. The fourth-order valence-corrected chi connectivity index (χ4v) is 2.62. The Hall–Kier alpha value is -1.88. The van der Waals surface area contributed by atoms with Crippen LogP contribution in [0, 0.1) is 0 Å². The number of hydrogen-bond acceptors (Lipinski definition) is 3. The zero-order valence-corrected chi connectivity index (χ0v) is 15.4. The van der Waals surface area contributed by atoms with E-state index >= 15 is 0 Å². The molecule has 2 N–H and O–H groups in total. The van der Waals surface area contributed by atoms with Gasteiger partial charge in [-0.3, -0.25) is 4.79 Å². The monoisotopic (exact) mass is 349 g/mol. The van der Waals surface area contributed by atoms with Gasteiger partial charge < -0.3 is 15.2 Å². The molecule has 0 aliphatic heterocycles. The fourth-order valence-electron chi connectivity index (χ4n) is 2.62. The molecule has 5 heteroatoms. The molecular formula is C20H31NO4. The molecule has 0 heterocycles. The van der Waals surface area contributed by atoms with Crippen molar-refractivity contribution >= 4 is 11.9 Å². The summed E-state index contributed by atoms with van der Waals surface area (Å²) in [6.45, 7) is 4.96. The summed E-state index contributed by atoms with van der Waals surface area (Å²) in [5.74, 6) is -0.818. The Bertz CT molecular complexity index is 513. The summed E-state index contributed by atoms with van der Waals surface area (Å²) in [5, 5.41) is 12.1. The van der Waals surface area contributed by atoms with Crippen molar-refractivity contribution in [1.82, 2.24) is 5.32 Å². The molecule has 5 nitrogen and oxygen atoms in total. The summed E-state index contributed by atoms with van der Waals surface area (Å²) in [5.41, 5.74) is 2.06. The number of ether oxygens (including phenoxy) is 1. The van der Waals surface area contributed by atoms with Gasteiger partial charge in [-0.05, 0) is 30.9 Å². The van der Waals surface area contributed by atoms with Crippen LogP contribution in [0.1, 0.15) is 57.1 Å². The lowest BCUT2D eigenvalue weighted by molar-refractivity contribution is -0.149.